The Morgan fingerprint density at radius 1 is 0.424 bits per heavy atom. The molecule has 0 spiro atoms. The summed E-state index contributed by atoms with van der Waals surface area (Å²) in [6.07, 6.45) is 3.84. The first kappa shape index (κ1) is 43.9. The largest absolute Gasteiger partial charge is 0.488 e. The van der Waals surface area contributed by atoms with E-state index in [0.717, 1.165) is 57.9 Å². The van der Waals surface area contributed by atoms with Crippen molar-refractivity contribution in [2.45, 2.75) is 127 Å². The number of sulfone groups is 2. The average molecular weight is 845 g/mol. The fourth-order valence-electron chi connectivity index (χ4n) is 7.17. The third-order valence-electron chi connectivity index (χ3n) is 12.5. The normalized spacial score (nSPS) is 12.7. The van der Waals surface area contributed by atoms with Crippen LogP contribution in [0.4, 0.5) is 0 Å². The van der Waals surface area contributed by atoms with Gasteiger partial charge in [-0.25, -0.2) is 16.8 Å². The van der Waals surface area contributed by atoms with Crippen LogP contribution < -0.4 is 4.74 Å². The number of hydrogen-bond acceptors (Lipinski definition) is 6. The van der Waals surface area contributed by atoms with Crippen molar-refractivity contribution >= 4 is 31.4 Å². The molecular weight excluding hydrogens is 789 g/mol. The van der Waals surface area contributed by atoms with E-state index in [9.17, 15) is 16.8 Å². The Kier molecular flexibility index (Phi) is 13.1. The van der Waals surface area contributed by atoms with Crippen molar-refractivity contribution in [3.63, 3.8) is 0 Å². The molecule has 6 rings (SSSR count). The zero-order valence-electron chi connectivity index (χ0n) is 35.5. The van der Waals surface area contributed by atoms with Gasteiger partial charge in [0.25, 0.3) is 0 Å². The molecule has 0 aliphatic rings. The fourth-order valence-corrected chi connectivity index (χ4v) is 10.5. The second kappa shape index (κ2) is 17.5. The van der Waals surface area contributed by atoms with Crippen molar-refractivity contribution in [1.29, 1.82) is 0 Å². The predicted octanol–water partition coefficient (Wildman–Crippen LogP) is 13.5. The van der Waals surface area contributed by atoms with Gasteiger partial charge in [0, 0.05) is 15.2 Å². The van der Waals surface area contributed by atoms with Crippen molar-refractivity contribution in [1.82, 2.24) is 0 Å². The summed E-state index contributed by atoms with van der Waals surface area (Å²) in [6.45, 7) is 17.4. The van der Waals surface area contributed by atoms with Gasteiger partial charge < -0.3 is 4.74 Å². The van der Waals surface area contributed by atoms with Crippen LogP contribution in [-0.2, 0) is 30.5 Å². The van der Waals surface area contributed by atoms with Crippen LogP contribution in [0.2, 0.25) is 0 Å². The number of hydrogen-bond donors (Lipinski definition) is 0. The molecule has 0 radical (unpaired) electrons. The van der Waals surface area contributed by atoms with E-state index in [-0.39, 0.29) is 36.0 Å². The SMILES string of the molecule is CCC(C)(CC)Oc1ccc(C(C)(C)c2ccc(Sc3ccc(S(=O)(=O)c4ccc(-c5ccc(S(=O)(=O)c6ccc(C(C)(CC)CC)cc6)cc5)cc4)cc3)cc2)cc1. The molecule has 0 aromatic heterocycles. The summed E-state index contributed by atoms with van der Waals surface area (Å²) in [4.78, 5) is 2.87. The van der Waals surface area contributed by atoms with Crippen molar-refractivity contribution in [3.8, 4) is 16.9 Å². The lowest BCUT2D eigenvalue weighted by Gasteiger charge is -2.30. The molecule has 0 amide bonds. The minimum absolute atomic E-state index is 0.00716. The third-order valence-corrected chi connectivity index (χ3v) is 17.1. The van der Waals surface area contributed by atoms with Crippen LogP contribution in [0, 0.1) is 0 Å². The molecule has 0 saturated heterocycles. The van der Waals surface area contributed by atoms with Gasteiger partial charge in [-0.3, -0.25) is 0 Å². The van der Waals surface area contributed by atoms with Crippen LogP contribution in [0.25, 0.3) is 11.1 Å². The Morgan fingerprint density at radius 3 is 1.12 bits per heavy atom. The molecule has 59 heavy (non-hydrogen) atoms. The van der Waals surface area contributed by atoms with Gasteiger partial charge in [-0.05, 0) is 151 Å². The van der Waals surface area contributed by atoms with E-state index in [1.165, 1.54) is 11.1 Å². The first-order chi connectivity index (χ1) is 28.0. The van der Waals surface area contributed by atoms with Crippen LogP contribution in [0.5, 0.6) is 5.75 Å². The first-order valence-electron chi connectivity index (χ1n) is 20.5. The summed E-state index contributed by atoms with van der Waals surface area (Å²) in [5.74, 6) is 0.888. The lowest BCUT2D eigenvalue weighted by molar-refractivity contribution is 0.0802. The second-order valence-electron chi connectivity index (χ2n) is 16.4. The first-order valence-corrected chi connectivity index (χ1v) is 24.3. The smallest absolute Gasteiger partial charge is 0.206 e. The number of benzene rings is 6. The van der Waals surface area contributed by atoms with Gasteiger partial charge in [0.05, 0.1) is 19.6 Å². The molecule has 0 unspecified atom stereocenters. The van der Waals surface area contributed by atoms with Crippen molar-refractivity contribution < 1.29 is 21.6 Å². The standard InChI is InChI=1S/C51H56O5S3/c1-9-50(7,10-2)41-21-33-47(34-22-41)58(52,53)45-29-13-37(14-30-45)38-15-31-46(32-16-38)59(54,55)48-35-27-44(28-36-48)57-43-25-19-40(20-26-43)49(5,6)39-17-23-42(24-18-39)56-51(8,11-3)12-4/h13-36H,9-12H2,1-8H3. The molecule has 308 valence electrons. The van der Waals surface area contributed by atoms with Gasteiger partial charge in [-0.15, -0.1) is 0 Å². The van der Waals surface area contributed by atoms with E-state index in [2.05, 4.69) is 104 Å². The van der Waals surface area contributed by atoms with Crippen molar-refractivity contribution in [2.75, 3.05) is 0 Å². The molecule has 0 N–H and O–H groups in total. The van der Waals surface area contributed by atoms with Crippen LogP contribution in [0.15, 0.2) is 175 Å². The maximum atomic E-state index is 13.6. The maximum Gasteiger partial charge on any atom is 0.206 e. The Morgan fingerprint density at radius 2 is 0.746 bits per heavy atom. The molecule has 5 nitrogen and oxygen atoms in total. The maximum absolute atomic E-state index is 13.6. The minimum Gasteiger partial charge on any atom is -0.488 e. The van der Waals surface area contributed by atoms with E-state index in [1.54, 1.807) is 84.6 Å². The van der Waals surface area contributed by atoms with Crippen LogP contribution >= 0.6 is 11.8 Å². The van der Waals surface area contributed by atoms with Gasteiger partial charge in [0.2, 0.25) is 19.7 Å². The van der Waals surface area contributed by atoms with E-state index in [4.69, 9.17) is 4.74 Å². The Hall–Kier alpha value is -4.63. The van der Waals surface area contributed by atoms with Crippen molar-refractivity contribution in [2.24, 2.45) is 0 Å². The molecule has 0 atom stereocenters. The zero-order chi connectivity index (χ0) is 42.6. The Balaban J connectivity index is 1.09. The highest BCUT2D eigenvalue weighted by atomic mass is 32.2. The third kappa shape index (κ3) is 9.41. The summed E-state index contributed by atoms with van der Waals surface area (Å²) in [7, 11) is -7.46. The number of ether oxygens (including phenoxy) is 1. The summed E-state index contributed by atoms with van der Waals surface area (Å²) < 4.78 is 60.5. The highest BCUT2D eigenvalue weighted by Crippen LogP contribution is 2.37. The second-order valence-corrected chi connectivity index (χ2v) is 21.4. The summed E-state index contributed by atoms with van der Waals surface area (Å²) in [5.41, 5.74) is 4.74. The fraction of sp³-hybridized carbons (Fsp3) is 0.294. The monoisotopic (exact) mass is 844 g/mol. The predicted molar refractivity (Wildman–Crippen MR) is 242 cm³/mol. The average Bonchev–Trinajstić information content (AvgIpc) is 3.26. The van der Waals surface area contributed by atoms with Crippen LogP contribution in [0.1, 0.15) is 97.8 Å². The van der Waals surface area contributed by atoms with Gasteiger partial charge in [0.15, 0.2) is 0 Å². The Labute approximate surface area is 357 Å². The molecular formula is C51H56O5S3. The molecule has 0 aliphatic carbocycles. The van der Waals surface area contributed by atoms with Gasteiger partial charge in [-0.1, -0.05) is 121 Å². The molecule has 8 heteroatoms. The number of rotatable bonds is 16. The molecule has 6 aromatic carbocycles. The highest BCUT2D eigenvalue weighted by Gasteiger charge is 2.26. The summed E-state index contributed by atoms with van der Waals surface area (Å²) in [6, 6.07) is 44.6. The van der Waals surface area contributed by atoms with Gasteiger partial charge >= 0.3 is 0 Å². The van der Waals surface area contributed by atoms with Crippen molar-refractivity contribution in [3.05, 3.63) is 162 Å². The van der Waals surface area contributed by atoms with Crippen LogP contribution in [-0.4, -0.2) is 22.4 Å². The topological polar surface area (TPSA) is 77.5 Å². The summed E-state index contributed by atoms with van der Waals surface area (Å²) >= 11 is 1.58. The van der Waals surface area contributed by atoms with E-state index < -0.39 is 19.7 Å². The molecule has 0 saturated carbocycles. The van der Waals surface area contributed by atoms with E-state index in [0.29, 0.717) is 0 Å². The molecule has 0 bridgehead atoms. The molecule has 0 aliphatic heterocycles. The Bertz CT molecular complexity index is 2550. The molecule has 6 aromatic rings. The molecule has 0 fully saturated rings. The van der Waals surface area contributed by atoms with Gasteiger partial charge in [0.1, 0.15) is 11.4 Å². The lowest BCUT2D eigenvalue weighted by Crippen LogP contribution is -2.30. The zero-order valence-corrected chi connectivity index (χ0v) is 37.9. The summed E-state index contributed by atoms with van der Waals surface area (Å²) in [5, 5.41) is 0. The highest BCUT2D eigenvalue weighted by molar-refractivity contribution is 7.99. The van der Waals surface area contributed by atoms with Crippen LogP contribution in [0.3, 0.4) is 0 Å². The van der Waals surface area contributed by atoms with Gasteiger partial charge in [-0.2, -0.15) is 0 Å². The lowest BCUT2D eigenvalue weighted by atomic mass is 9.78. The van der Waals surface area contributed by atoms with E-state index >= 15 is 0 Å². The quantitative estimate of drug-likeness (QED) is 0.0966. The van der Waals surface area contributed by atoms with E-state index in [1.807, 2.05) is 24.3 Å². The minimum atomic E-state index is -3.76. The molecule has 0 heterocycles.